The van der Waals surface area contributed by atoms with E-state index in [1.54, 1.807) is 6.92 Å². The molecular weight excluding hydrogens is 221 g/mol. The molecule has 96 valence electrons. The molecule has 0 rings (SSSR count). The quantitative estimate of drug-likeness (QED) is 0.767. The lowest BCUT2D eigenvalue weighted by atomic mass is 10.1. The zero-order chi connectivity index (χ0) is 12.9. The van der Waals surface area contributed by atoms with Gasteiger partial charge in [0.15, 0.2) is 0 Å². The lowest BCUT2D eigenvalue weighted by molar-refractivity contribution is -0.139. The van der Waals surface area contributed by atoms with Gasteiger partial charge in [-0.15, -0.1) is 0 Å². The molecule has 0 bridgehead atoms. The first-order valence-electron chi connectivity index (χ1n) is 5.24. The molecule has 1 amide bonds. The van der Waals surface area contributed by atoms with E-state index in [1.165, 1.54) is 0 Å². The van der Waals surface area contributed by atoms with E-state index in [0.29, 0.717) is 5.92 Å². The van der Waals surface area contributed by atoms with Crippen LogP contribution in [0.5, 0.6) is 0 Å². The summed E-state index contributed by atoms with van der Waals surface area (Å²) in [6.07, 6.45) is -4.36. The van der Waals surface area contributed by atoms with E-state index in [-0.39, 0.29) is 6.04 Å². The zero-order valence-electron chi connectivity index (χ0n) is 9.98. The minimum Gasteiger partial charge on any atom is -0.346 e. The molecule has 0 aromatic carbocycles. The number of amides is 1. The normalized spacial score (nSPS) is 16.0. The predicted octanol–water partition coefficient (Wildman–Crippen LogP) is 1.69. The van der Waals surface area contributed by atoms with Gasteiger partial charge in [0, 0.05) is 6.04 Å². The maximum absolute atomic E-state index is 11.8. The number of hydrogen-bond donors (Lipinski definition) is 2. The van der Waals surface area contributed by atoms with Crippen LogP contribution in [0.1, 0.15) is 27.7 Å². The van der Waals surface area contributed by atoms with Crippen molar-refractivity contribution in [2.45, 2.75) is 46.0 Å². The minimum atomic E-state index is -4.36. The molecule has 0 aliphatic heterocycles. The third-order valence-corrected chi connectivity index (χ3v) is 2.37. The summed E-state index contributed by atoms with van der Waals surface area (Å²) in [5.41, 5.74) is 0. The number of alkyl halides is 3. The summed E-state index contributed by atoms with van der Waals surface area (Å²) >= 11 is 0. The molecule has 2 atom stereocenters. The zero-order valence-corrected chi connectivity index (χ0v) is 9.98. The Labute approximate surface area is 93.8 Å². The summed E-state index contributed by atoms with van der Waals surface area (Å²) in [6.45, 7) is 6.09. The maximum atomic E-state index is 11.8. The van der Waals surface area contributed by atoms with Gasteiger partial charge in [0.05, 0.1) is 6.04 Å². The van der Waals surface area contributed by atoms with Crippen LogP contribution in [0, 0.1) is 5.92 Å². The van der Waals surface area contributed by atoms with Crippen molar-refractivity contribution in [1.29, 1.82) is 0 Å². The highest BCUT2D eigenvalue weighted by Crippen LogP contribution is 2.12. The summed E-state index contributed by atoms with van der Waals surface area (Å²) in [5.74, 6) is -0.317. The van der Waals surface area contributed by atoms with Gasteiger partial charge in [0.25, 0.3) is 0 Å². The average molecular weight is 240 g/mol. The molecule has 0 spiro atoms. The standard InChI is InChI=1S/C10H19F3N2O/c1-6(2)7(3)15-8(4)9(16)14-5-10(11,12)13/h6-8,15H,5H2,1-4H3,(H,14,16). The first-order chi connectivity index (χ1) is 7.13. The first kappa shape index (κ1) is 15.2. The van der Waals surface area contributed by atoms with Crippen LogP contribution in [0.15, 0.2) is 0 Å². The lowest BCUT2D eigenvalue weighted by Gasteiger charge is -2.22. The Balaban J connectivity index is 4.00. The lowest BCUT2D eigenvalue weighted by Crippen LogP contribution is -2.49. The second-order valence-corrected chi connectivity index (χ2v) is 4.25. The fourth-order valence-electron chi connectivity index (χ4n) is 1.00. The van der Waals surface area contributed by atoms with Gasteiger partial charge in [-0.3, -0.25) is 4.79 Å². The summed E-state index contributed by atoms with van der Waals surface area (Å²) in [5, 5.41) is 4.78. The SMILES string of the molecule is CC(NC(C)C(C)C)C(=O)NCC(F)(F)F. The number of carbonyl (C=O) groups excluding carboxylic acids is 1. The number of carbonyl (C=O) groups is 1. The van der Waals surface area contributed by atoms with E-state index in [1.807, 2.05) is 26.1 Å². The van der Waals surface area contributed by atoms with E-state index >= 15 is 0 Å². The molecule has 6 heteroatoms. The van der Waals surface area contributed by atoms with Gasteiger partial charge in [-0.2, -0.15) is 13.2 Å². The predicted molar refractivity (Wildman–Crippen MR) is 56.0 cm³/mol. The number of rotatable bonds is 5. The summed E-state index contributed by atoms with van der Waals surface area (Å²) in [6, 6.07) is -0.550. The van der Waals surface area contributed by atoms with Gasteiger partial charge in [-0.05, 0) is 19.8 Å². The largest absolute Gasteiger partial charge is 0.405 e. The minimum absolute atomic E-state index is 0.0756. The number of hydrogen-bond acceptors (Lipinski definition) is 2. The summed E-state index contributed by atoms with van der Waals surface area (Å²) < 4.78 is 35.5. The van der Waals surface area contributed by atoms with Crippen LogP contribution in [0.25, 0.3) is 0 Å². The number of nitrogens with one attached hydrogen (secondary N) is 2. The Bertz CT molecular complexity index is 229. The van der Waals surface area contributed by atoms with E-state index in [9.17, 15) is 18.0 Å². The Hall–Kier alpha value is -0.780. The summed E-state index contributed by atoms with van der Waals surface area (Å²) in [4.78, 5) is 11.3. The highest BCUT2D eigenvalue weighted by atomic mass is 19.4. The van der Waals surface area contributed by atoms with Crippen LogP contribution < -0.4 is 10.6 Å². The van der Waals surface area contributed by atoms with Crippen molar-refractivity contribution in [3.05, 3.63) is 0 Å². The van der Waals surface area contributed by atoms with Crippen molar-refractivity contribution in [1.82, 2.24) is 10.6 Å². The molecular formula is C10H19F3N2O. The van der Waals surface area contributed by atoms with E-state index in [4.69, 9.17) is 0 Å². The molecule has 16 heavy (non-hydrogen) atoms. The molecule has 3 nitrogen and oxygen atoms in total. The van der Waals surface area contributed by atoms with Crippen LogP contribution in [0.3, 0.4) is 0 Å². The Morgan fingerprint density at radius 2 is 1.69 bits per heavy atom. The van der Waals surface area contributed by atoms with Crippen LogP contribution in [-0.4, -0.2) is 30.7 Å². The smallest absolute Gasteiger partial charge is 0.346 e. The van der Waals surface area contributed by atoms with Crippen molar-refractivity contribution < 1.29 is 18.0 Å². The van der Waals surface area contributed by atoms with E-state index in [0.717, 1.165) is 0 Å². The van der Waals surface area contributed by atoms with Crippen molar-refractivity contribution in [3.8, 4) is 0 Å². The van der Waals surface area contributed by atoms with Gasteiger partial charge in [0.2, 0.25) is 5.91 Å². The molecule has 0 heterocycles. The van der Waals surface area contributed by atoms with Crippen LogP contribution in [-0.2, 0) is 4.79 Å². The fourth-order valence-corrected chi connectivity index (χ4v) is 1.00. The van der Waals surface area contributed by atoms with Crippen LogP contribution in [0.2, 0.25) is 0 Å². The third-order valence-electron chi connectivity index (χ3n) is 2.37. The van der Waals surface area contributed by atoms with Crippen molar-refractivity contribution >= 4 is 5.91 Å². The first-order valence-corrected chi connectivity index (χ1v) is 5.24. The second kappa shape index (κ2) is 6.08. The van der Waals surface area contributed by atoms with Gasteiger partial charge in [-0.25, -0.2) is 0 Å². The molecule has 0 fully saturated rings. The molecule has 0 aromatic heterocycles. The van der Waals surface area contributed by atoms with Gasteiger partial charge < -0.3 is 10.6 Å². The molecule has 0 aliphatic rings. The Kier molecular flexibility index (Phi) is 5.78. The molecule has 0 aromatic rings. The Morgan fingerprint density at radius 3 is 2.06 bits per heavy atom. The maximum Gasteiger partial charge on any atom is 0.405 e. The van der Waals surface area contributed by atoms with Gasteiger partial charge in [0.1, 0.15) is 6.54 Å². The highest BCUT2D eigenvalue weighted by Gasteiger charge is 2.28. The molecule has 2 N–H and O–H groups in total. The molecule has 0 radical (unpaired) electrons. The molecule has 0 saturated carbocycles. The molecule has 2 unspecified atom stereocenters. The van der Waals surface area contributed by atoms with Gasteiger partial charge in [-0.1, -0.05) is 13.8 Å². The molecule has 0 aliphatic carbocycles. The topological polar surface area (TPSA) is 41.1 Å². The third kappa shape index (κ3) is 6.66. The van der Waals surface area contributed by atoms with Crippen molar-refractivity contribution in [2.24, 2.45) is 5.92 Å². The Morgan fingerprint density at radius 1 is 1.19 bits per heavy atom. The average Bonchev–Trinajstić information content (AvgIpc) is 2.12. The fraction of sp³-hybridized carbons (Fsp3) is 0.900. The van der Waals surface area contributed by atoms with Crippen molar-refractivity contribution in [2.75, 3.05) is 6.54 Å². The van der Waals surface area contributed by atoms with Crippen LogP contribution in [0.4, 0.5) is 13.2 Å². The van der Waals surface area contributed by atoms with Crippen molar-refractivity contribution in [3.63, 3.8) is 0 Å². The van der Waals surface area contributed by atoms with E-state index in [2.05, 4.69) is 5.32 Å². The second-order valence-electron chi connectivity index (χ2n) is 4.25. The highest BCUT2D eigenvalue weighted by molar-refractivity contribution is 5.81. The van der Waals surface area contributed by atoms with Gasteiger partial charge >= 0.3 is 6.18 Å². The van der Waals surface area contributed by atoms with E-state index < -0.39 is 24.7 Å². The number of halogens is 3. The summed E-state index contributed by atoms with van der Waals surface area (Å²) in [7, 11) is 0. The van der Waals surface area contributed by atoms with Crippen LogP contribution >= 0.6 is 0 Å². The molecule has 0 saturated heterocycles. The monoisotopic (exact) mass is 240 g/mol.